The zero-order valence-corrected chi connectivity index (χ0v) is 25.8. The summed E-state index contributed by atoms with van der Waals surface area (Å²) in [6.45, 7) is 2.61. The number of nitrogens with one attached hydrogen (secondary N) is 2. The van der Waals surface area contributed by atoms with Crippen LogP contribution in [0.5, 0.6) is 11.5 Å². The number of halogens is 2. The molecule has 48 heavy (non-hydrogen) atoms. The minimum atomic E-state index is -0.791. The molecule has 3 atom stereocenters. The van der Waals surface area contributed by atoms with Gasteiger partial charge in [0.2, 0.25) is 0 Å². The van der Waals surface area contributed by atoms with Gasteiger partial charge in [-0.3, -0.25) is 24.3 Å². The van der Waals surface area contributed by atoms with Crippen LogP contribution in [0.15, 0.2) is 83.9 Å². The molecule has 4 aromatic rings. The highest BCUT2D eigenvalue weighted by atomic mass is 19.1. The minimum absolute atomic E-state index is 0.0814. The number of carbonyl (C=O) groups excluding carboxylic acids is 3. The third kappa shape index (κ3) is 7.18. The monoisotopic (exact) mass is 658 g/mol. The molecule has 12 nitrogen and oxygen atoms in total. The van der Waals surface area contributed by atoms with E-state index in [1.54, 1.807) is 11.8 Å². The second kappa shape index (κ2) is 13.6. The molecule has 0 spiro atoms. The van der Waals surface area contributed by atoms with Gasteiger partial charge in [-0.25, -0.2) is 18.6 Å². The smallest absolute Gasteiger partial charge is 0.323 e. The van der Waals surface area contributed by atoms with Gasteiger partial charge in [-0.2, -0.15) is 0 Å². The van der Waals surface area contributed by atoms with Gasteiger partial charge in [-0.1, -0.05) is 0 Å². The fraction of sp³-hybridized carbons (Fsp3) is 0.265. The van der Waals surface area contributed by atoms with E-state index in [4.69, 9.17) is 15.2 Å². The molecule has 248 valence electrons. The maximum absolute atomic E-state index is 15.1. The Morgan fingerprint density at radius 1 is 0.979 bits per heavy atom. The SMILES string of the molecule is CC(N)C(=O)OC1CC2CN(C(=O)Nc3cc(Oc4ccc(NC(=O)c5cccn(-c6ccc(F)cc6)c5=O)cc4F)ccn3)CC2C1. The van der Waals surface area contributed by atoms with Crippen LogP contribution in [-0.2, 0) is 9.53 Å². The number of amides is 3. The highest BCUT2D eigenvalue weighted by molar-refractivity contribution is 6.04. The molecule has 3 amide bonds. The van der Waals surface area contributed by atoms with Crippen LogP contribution < -0.4 is 26.7 Å². The molecule has 1 aliphatic heterocycles. The normalized spacial score (nSPS) is 18.9. The molecule has 2 fully saturated rings. The number of hydrogen-bond acceptors (Lipinski definition) is 8. The summed E-state index contributed by atoms with van der Waals surface area (Å²) in [5, 5.41) is 5.26. The lowest BCUT2D eigenvalue weighted by atomic mass is 10.0. The van der Waals surface area contributed by atoms with Gasteiger partial charge in [0.15, 0.2) is 11.6 Å². The number of anilines is 2. The average molecular weight is 659 g/mol. The van der Waals surface area contributed by atoms with E-state index in [9.17, 15) is 23.6 Å². The molecule has 6 rings (SSSR count). The second-order valence-electron chi connectivity index (χ2n) is 11.8. The highest BCUT2D eigenvalue weighted by Crippen LogP contribution is 2.39. The number of likely N-dealkylation sites (tertiary alicyclic amines) is 1. The van der Waals surface area contributed by atoms with Gasteiger partial charge in [0.05, 0.1) is 0 Å². The zero-order chi connectivity index (χ0) is 33.9. The molecular weight excluding hydrogens is 626 g/mol. The maximum atomic E-state index is 15.1. The van der Waals surface area contributed by atoms with Gasteiger partial charge in [-0.15, -0.1) is 0 Å². The van der Waals surface area contributed by atoms with Crippen LogP contribution >= 0.6 is 0 Å². The maximum Gasteiger partial charge on any atom is 0.323 e. The Morgan fingerprint density at radius 2 is 1.71 bits per heavy atom. The molecule has 0 radical (unpaired) electrons. The molecule has 4 N–H and O–H groups in total. The van der Waals surface area contributed by atoms with Gasteiger partial charge in [0, 0.05) is 49.0 Å². The predicted molar refractivity (Wildman–Crippen MR) is 171 cm³/mol. The summed E-state index contributed by atoms with van der Waals surface area (Å²) in [5.41, 5.74) is 5.22. The Balaban J connectivity index is 1.05. The number of fused-ring (bicyclic) bond motifs is 1. The topological polar surface area (TPSA) is 158 Å². The second-order valence-corrected chi connectivity index (χ2v) is 11.8. The predicted octanol–water partition coefficient (Wildman–Crippen LogP) is 4.69. The average Bonchev–Trinajstić information content (AvgIpc) is 3.62. The van der Waals surface area contributed by atoms with Crippen molar-refractivity contribution >= 4 is 29.4 Å². The van der Waals surface area contributed by atoms with E-state index in [0.29, 0.717) is 31.6 Å². The van der Waals surface area contributed by atoms with Crippen molar-refractivity contribution in [3.8, 4) is 17.2 Å². The summed E-state index contributed by atoms with van der Waals surface area (Å²) in [5.74, 6) is -1.75. The Labute approximate surface area is 273 Å². The Hall–Kier alpha value is -5.63. The van der Waals surface area contributed by atoms with Crippen molar-refractivity contribution in [1.29, 1.82) is 0 Å². The quantitative estimate of drug-likeness (QED) is 0.230. The summed E-state index contributed by atoms with van der Waals surface area (Å²) in [4.78, 5) is 56.5. The molecule has 2 aliphatic rings. The number of nitrogens with zero attached hydrogens (tertiary/aromatic N) is 3. The van der Waals surface area contributed by atoms with Crippen LogP contribution in [0, 0.1) is 23.5 Å². The number of rotatable bonds is 8. The van der Waals surface area contributed by atoms with Crippen molar-refractivity contribution in [1.82, 2.24) is 14.5 Å². The number of carbonyl (C=O) groups is 3. The van der Waals surface area contributed by atoms with Gasteiger partial charge < -0.3 is 25.4 Å². The van der Waals surface area contributed by atoms with Crippen molar-refractivity contribution in [3.05, 3.63) is 107 Å². The standard InChI is InChI=1S/C34H32F2N6O6/c1-19(37)33(45)48-26-13-20-17-41(18-21(20)14-26)34(46)40-30-16-25(10-11-38-30)47-29-9-6-23(15-28(29)36)39-31(43)27-3-2-12-42(32(27)44)24-7-4-22(35)5-8-24/h2-12,15-16,19-21,26H,13-14,17-18,37H2,1H3,(H,39,43)(H,38,40,46). The van der Waals surface area contributed by atoms with Crippen LogP contribution in [0.25, 0.3) is 5.69 Å². The number of urea groups is 1. The van der Waals surface area contributed by atoms with Crippen molar-refractivity contribution < 1.29 is 32.6 Å². The zero-order valence-electron chi connectivity index (χ0n) is 25.8. The van der Waals surface area contributed by atoms with E-state index >= 15 is 4.39 Å². The molecule has 1 aliphatic carbocycles. The molecule has 2 aromatic heterocycles. The number of hydrogen-bond donors (Lipinski definition) is 3. The Kier molecular flexibility index (Phi) is 9.17. The first-order valence-corrected chi connectivity index (χ1v) is 15.3. The van der Waals surface area contributed by atoms with Crippen LogP contribution in [-0.4, -0.2) is 57.6 Å². The Bertz CT molecular complexity index is 1900. The summed E-state index contributed by atoms with van der Waals surface area (Å²) < 4.78 is 40.7. The lowest BCUT2D eigenvalue weighted by Gasteiger charge is -2.20. The third-order valence-electron chi connectivity index (χ3n) is 8.33. The van der Waals surface area contributed by atoms with E-state index < -0.39 is 35.1 Å². The largest absolute Gasteiger partial charge is 0.461 e. The van der Waals surface area contributed by atoms with Gasteiger partial charge in [-0.05, 0) is 86.2 Å². The van der Waals surface area contributed by atoms with Crippen molar-refractivity contribution in [3.63, 3.8) is 0 Å². The number of pyridine rings is 2. The molecule has 0 bridgehead atoms. The number of esters is 1. The van der Waals surface area contributed by atoms with Crippen molar-refractivity contribution in [2.24, 2.45) is 17.6 Å². The van der Waals surface area contributed by atoms with Crippen LogP contribution in [0.2, 0.25) is 0 Å². The molecule has 2 aromatic carbocycles. The number of nitrogens with two attached hydrogens (primary N) is 1. The third-order valence-corrected chi connectivity index (χ3v) is 8.33. The van der Waals surface area contributed by atoms with Crippen molar-refractivity contribution in [2.45, 2.75) is 31.9 Å². The lowest BCUT2D eigenvalue weighted by molar-refractivity contribution is -0.150. The molecular formula is C34H32F2N6O6. The molecule has 1 saturated carbocycles. The lowest BCUT2D eigenvalue weighted by Crippen LogP contribution is -2.35. The molecule has 3 heterocycles. The summed E-state index contributed by atoms with van der Waals surface area (Å²) in [7, 11) is 0. The fourth-order valence-corrected chi connectivity index (χ4v) is 5.97. The molecule has 3 unspecified atom stereocenters. The number of ether oxygens (including phenoxy) is 2. The number of benzene rings is 2. The van der Waals surface area contributed by atoms with Crippen LogP contribution in [0.4, 0.5) is 25.1 Å². The summed E-state index contributed by atoms with van der Waals surface area (Å²) >= 11 is 0. The molecule has 1 saturated heterocycles. The van der Waals surface area contributed by atoms with E-state index in [1.165, 1.54) is 77.6 Å². The first-order valence-electron chi connectivity index (χ1n) is 15.3. The minimum Gasteiger partial charge on any atom is -0.461 e. The highest BCUT2D eigenvalue weighted by Gasteiger charge is 2.44. The first-order chi connectivity index (χ1) is 23.0. The van der Waals surface area contributed by atoms with Gasteiger partial charge in [0.25, 0.3) is 11.5 Å². The van der Waals surface area contributed by atoms with E-state index in [1.807, 2.05) is 0 Å². The Morgan fingerprint density at radius 3 is 2.40 bits per heavy atom. The van der Waals surface area contributed by atoms with Gasteiger partial charge in [0.1, 0.15) is 35.1 Å². The van der Waals surface area contributed by atoms with Crippen molar-refractivity contribution in [2.75, 3.05) is 23.7 Å². The van der Waals surface area contributed by atoms with E-state index in [0.717, 1.165) is 6.07 Å². The summed E-state index contributed by atoms with van der Waals surface area (Å²) in [6.07, 6.45) is 4.01. The van der Waals surface area contributed by atoms with E-state index in [-0.39, 0.29) is 52.5 Å². The number of aromatic nitrogens is 2. The molecule has 14 heteroatoms. The van der Waals surface area contributed by atoms with Crippen LogP contribution in [0.3, 0.4) is 0 Å². The summed E-state index contributed by atoms with van der Waals surface area (Å²) in [6, 6.07) is 13.7. The van der Waals surface area contributed by atoms with E-state index in [2.05, 4.69) is 15.6 Å². The fourth-order valence-electron chi connectivity index (χ4n) is 5.97. The first kappa shape index (κ1) is 32.3. The van der Waals surface area contributed by atoms with Gasteiger partial charge >= 0.3 is 12.0 Å². The van der Waals surface area contributed by atoms with Crippen LogP contribution in [0.1, 0.15) is 30.1 Å².